The first-order valence-electron chi connectivity index (χ1n) is 9.76. The Balaban J connectivity index is 1.79. The molecule has 0 atom stereocenters. The zero-order valence-corrected chi connectivity index (χ0v) is 15.8. The molecular formula is C25H23NO. The van der Waals surface area contributed by atoms with E-state index in [0.717, 1.165) is 30.8 Å². The van der Waals surface area contributed by atoms with Crippen LogP contribution >= 0.6 is 0 Å². The quantitative estimate of drug-likeness (QED) is 0.356. The molecule has 1 aromatic heterocycles. The third kappa shape index (κ3) is 2.60. The molecule has 0 aliphatic rings. The first-order chi connectivity index (χ1) is 13.3. The average Bonchev–Trinajstić information content (AvgIpc) is 3.11. The van der Waals surface area contributed by atoms with Crippen LogP contribution in [0.15, 0.2) is 71.1 Å². The summed E-state index contributed by atoms with van der Waals surface area (Å²) in [5.74, 6) is 0. The molecule has 0 amide bonds. The maximum absolute atomic E-state index is 6.19. The van der Waals surface area contributed by atoms with E-state index in [1.807, 2.05) is 0 Å². The molecule has 0 saturated heterocycles. The van der Waals surface area contributed by atoms with Gasteiger partial charge < -0.3 is 4.42 Å². The SMILES string of the molecule is CCN(CC)Cc1ccc2c(ccc3oc4ccc5ccccc5c4c32)c1. The molecule has 2 nitrogen and oxygen atoms in total. The second-order valence-electron chi connectivity index (χ2n) is 7.22. The Kier molecular flexibility index (Phi) is 3.87. The van der Waals surface area contributed by atoms with Crippen molar-refractivity contribution in [3.63, 3.8) is 0 Å². The van der Waals surface area contributed by atoms with Gasteiger partial charge in [-0.05, 0) is 58.4 Å². The summed E-state index contributed by atoms with van der Waals surface area (Å²) in [6.07, 6.45) is 0. The average molecular weight is 353 g/mol. The molecular weight excluding hydrogens is 330 g/mol. The number of furan rings is 1. The van der Waals surface area contributed by atoms with E-state index in [4.69, 9.17) is 4.42 Å². The molecule has 0 aliphatic carbocycles. The van der Waals surface area contributed by atoms with Gasteiger partial charge in [0.05, 0.1) is 0 Å². The molecule has 134 valence electrons. The van der Waals surface area contributed by atoms with Crippen LogP contribution in [-0.2, 0) is 6.54 Å². The minimum absolute atomic E-state index is 0.961. The lowest BCUT2D eigenvalue weighted by Gasteiger charge is -2.18. The van der Waals surface area contributed by atoms with Gasteiger partial charge in [0.25, 0.3) is 0 Å². The first kappa shape index (κ1) is 16.3. The minimum Gasteiger partial charge on any atom is -0.456 e. The van der Waals surface area contributed by atoms with Crippen LogP contribution in [0.5, 0.6) is 0 Å². The fourth-order valence-electron chi connectivity index (χ4n) is 4.22. The normalized spacial score (nSPS) is 12.1. The van der Waals surface area contributed by atoms with Crippen molar-refractivity contribution in [1.29, 1.82) is 0 Å². The van der Waals surface area contributed by atoms with E-state index in [1.165, 1.54) is 37.9 Å². The minimum atomic E-state index is 0.961. The molecule has 0 aliphatic heterocycles. The highest BCUT2D eigenvalue weighted by atomic mass is 16.3. The number of fused-ring (bicyclic) bond motifs is 7. The van der Waals surface area contributed by atoms with E-state index >= 15 is 0 Å². The van der Waals surface area contributed by atoms with Gasteiger partial charge >= 0.3 is 0 Å². The van der Waals surface area contributed by atoms with Crippen LogP contribution in [0.25, 0.3) is 43.5 Å². The summed E-state index contributed by atoms with van der Waals surface area (Å²) in [6.45, 7) is 7.58. The van der Waals surface area contributed by atoms with Gasteiger partial charge in [-0.1, -0.05) is 62.4 Å². The van der Waals surface area contributed by atoms with Gasteiger partial charge in [-0.15, -0.1) is 0 Å². The van der Waals surface area contributed by atoms with Crippen LogP contribution < -0.4 is 0 Å². The molecule has 0 fully saturated rings. The van der Waals surface area contributed by atoms with Crippen LogP contribution in [0.1, 0.15) is 19.4 Å². The second-order valence-corrected chi connectivity index (χ2v) is 7.22. The lowest BCUT2D eigenvalue weighted by Crippen LogP contribution is -2.21. The Labute approximate surface area is 159 Å². The van der Waals surface area contributed by atoms with E-state index in [2.05, 4.69) is 85.5 Å². The number of benzene rings is 4. The lowest BCUT2D eigenvalue weighted by atomic mass is 9.98. The van der Waals surface area contributed by atoms with Crippen LogP contribution in [0, 0.1) is 0 Å². The first-order valence-corrected chi connectivity index (χ1v) is 9.76. The number of rotatable bonds is 4. The van der Waals surface area contributed by atoms with Crippen molar-refractivity contribution < 1.29 is 4.42 Å². The fourth-order valence-corrected chi connectivity index (χ4v) is 4.22. The Bertz CT molecular complexity index is 1280. The molecule has 4 aromatic carbocycles. The largest absolute Gasteiger partial charge is 0.456 e. The molecule has 0 unspecified atom stereocenters. The fraction of sp³-hybridized carbons (Fsp3) is 0.200. The smallest absolute Gasteiger partial charge is 0.136 e. The molecule has 0 spiro atoms. The third-order valence-corrected chi connectivity index (χ3v) is 5.71. The van der Waals surface area contributed by atoms with Crippen molar-refractivity contribution in [2.24, 2.45) is 0 Å². The molecule has 5 aromatic rings. The van der Waals surface area contributed by atoms with Gasteiger partial charge in [0, 0.05) is 17.3 Å². The van der Waals surface area contributed by atoms with Gasteiger partial charge in [-0.25, -0.2) is 0 Å². The second kappa shape index (κ2) is 6.40. The molecule has 1 heterocycles. The summed E-state index contributed by atoms with van der Waals surface area (Å²) in [7, 11) is 0. The molecule has 0 bridgehead atoms. The molecule has 0 radical (unpaired) electrons. The van der Waals surface area contributed by atoms with Gasteiger partial charge in [-0.2, -0.15) is 0 Å². The van der Waals surface area contributed by atoms with Crippen molar-refractivity contribution in [2.75, 3.05) is 13.1 Å². The molecule has 0 saturated carbocycles. The van der Waals surface area contributed by atoms with Crippen molar-refractivity contribution in [2.45, 2.75) is 20.4 Å². The molecule has 27 heavy (non-hydrogen) atoms. The molecule has 2 heteroatoms. The standard InChI is InChI=1S/C25H23NO/c1-3-26(4-2)16-17-9-12-21-19(15-17)11-14-23-25(21)24-20-8-6-5-7-18(20)10-13-22(24)27-23/h5-15H,3-4,16H2,1-2H3. The van der Waals surface area contributed by atoms with Crippen LogP contribution in [0.2, 0.25) is 0 Å². The Morgan fingerprint density at radius 3 is 2.11 bits per heavy atom. The summed E-state index contributed by atoms with van der Waals surface area (Å²) in [6, 6.07) is 24.0. The summed E-state index contributed by atoms with van der Waals surface area (Å²) in [4.78, 5) is 2.44. The van der Waals surface area contributed by atoms with Gasteiger partial charge in [-0.3, -0.25) is 4.90 Å². The topological polar surface area (TPSA) is 16.4 Å². The Hall–Kier alpha value is -2.84. The van der Waals surface area contributed by atoms with E-state index in [0.29, 0.717) is 0 Å². The van der Waals surface area contributed by atoms with Gasteiger partial charge in [0.15, 0.2) is 0 Å². The predicted octanol–water partition coefficient (Wildman–Crippen LogP) is 6.73. The van der Waals surface area contributed by atoms with Crippen molar-refractivity contribution >= 4 is 43.5 Å². The number of nitrogens with zero attached hydrogens (tertiary/aromatic N) is 1. The van der Waals surface area contributed by atoms with Gasteiger partial charge in [0.2, 0.25) is 0 Å². The number of hydrogen-bond donors (Lipinski definition) is 0. The van der Waals surface area contributed by atoms with Crippen molar-refractivity contribution in [3.05, 3.63) is 72.3 Å². The third-order valence-electron chi connectivity index (χ3n) is 5.71. The molecule has 0 N–H and O–H groups in total. The van der Waals surface area contributed by atoms with E-state index in [-0.39, 0.29) is 0 Å². The Morgan fingerprint density at radius 1 is 0.704 bits per heavy atom. The zero-order chi connectivity index (χ0) is 18.4. The van der Waals surface area contributed by atoms with E-state index in [9.17, 15) is 0 Å². The van der Waals surface area contributed by atoms with E-state index < -0.39 is 0 Å². The maximum atomic E-state index is 6.19. The van der Waals surface area contributed by atoms with Crippen molar-refractivity contribution in [1.82, 2.24) is 4.90 Å². The maximum Gasteiger partial charge on any atom is 0.136 e. The summed E-state index contributed by atoms with van der Waals surface area (Å²) in [5.41, 5.74) is 3.29. The Morgan fingerprint density at radius 2 is 1.37 bits per heavy atom. The predicted molar refractivity (Wildman–Crippen MR) is 115 cm³/mol. The highest BCUT2D eigenvalue weighted by molar-refractivity contribution is 6.26. The highest BCUT2D eigenvalue weighted by Gasteiger charge is 2.13. The molecule has 5 rings (SSSR count). The van der Waals surface area contributed by atoms with Crippen LogP contribution in [-0.4, -0.2) is 18.0 Å². The van der Waals surface area contributed by atoms with Crippen LogP contribution in [0.4, 0.5) is 0 Å². The summed E-state index contributed by atoms with van der Waals surface area (Å²) < 4.78 is 6.19. The van der Waals surface area contributed by atoms with E-state index in [1.54, 1.807) is 0 Å². The zero-order valence-electron chi connectivity index (χ0n) is 15.8. The monoisotopic (exact) mass is 353 g/mol. The lowest BCUT2D eigenvalue weighted by molar-refractivity contribution is 0.296. The van der Waals surface area contributed by atoms with Crippen LogP contribution in [0.3, 0.4) is 0 Å². The van der Waals surface area contributed by atoms with Gasteiger partial charge in [0.1, 0.15) is 11.2 Å². The number of hydrogen-bond acceptors (Lipinski definition) is 2. The van der Waals surface area contributed by atoms with Crippen molar-refractivity contribution in [3.8, 4) is 0 Å². The summed E-state index contributed by atoms with van der Waals surface area (Å²) in [5, 5.41) is 7.52. The highest BCUT2D eigenvalue weighted by Crippen LogP contribution is 2.38. The summed E-state index contributed by atoms with van der Waals surface area (Å²) >= 11 is 0.